The molecule has 0 atom stereocenters. The minimum absolute atomic E-state index is 0.167. The molecule has 0 aliphatic carbocycles. The van der Waals surface area contributed by atoms with Crippen LogP contribution in [0.15, 0.2) is 36.4 Å². The maximum Gasteiger partial charge on any atom is 0.341 e. The van der Waals surface area contributed by atoms with Gasteiger partial charge in [0.05, 0.1) is 7.11 Å². The molecule has 0 saturated carbocycles. The topological polar surface area (TPSA) is 43.3 Å². The lowest BCUT2D eigenvalue weighted by Gasteiger charge is -2.24. The lowest BCUT2D eigenvalue weighted by atomic mass is 10.1. The van der Waals surface area contributed by atoms with Crippen LogP contribution in [0.5, 0.6) is 0 Å². The summed E-state index contributed by atoms with van der Waals surface area (Å²) in [5, 5.41) is 3.42. The Hall–Kier alpha value is -2.23. The Morgan fingerprint density at radius 1 is 1.19 bits per heavy atom. The van der Waals surface area contributed by atoms with Crippen molar-refractivity contribution in [2.24, 2.45) is 0 Å². The molecule has 0 amide bonds. The number of aromatic nitrogens is 1. The molecule has 0 radical (unpaired) electrons. The summed E-state index contributed by atoms with van der Waals surface area (Å²) in [6.07, 6.45) is 0. The van der Waals surface area contributed by atoms with Crippen LogP contribution in [0.4, 0.5) is 5.82 Å². The highest BCUT2D eigenvalue weighted by Gasteiger charge is 2.23. The van der Waals surface area contributed by atoms with Gasteiger partial charge in [-0.3, -0.25) is 0 Å². The summed E-state index contributed by atoms with van der Waals surface area (Å²) in [5.74, 6) is 0.428. The van der Waals surface area contributed by atoms with Gasteiger partial charge in [0, 0.05) is 16.9 Å². The summed E-state index contributed by atoms with van der Waals surface area (Å²) in [5.41, 5.74) is 2.37. The van der Waals surface area contributed by atoms with E-state index in [9.17, 15) is 4.79 Å². The van der Waals surface area contributed by atoms with Gasteiger partial charge in [-0.2, -0.15) is 0 Å². The number of carbonyl (C=O) groups is 1. The Morgan fingerprint density at radius 2 is 1.81 bits per heavy atom. The largest absolute Gasteiger partial charge is 0.465 e. The lowest BCUT2D eigenvalue weighted by Crippen LogP contribution is -2.28. The molecular weight excluding hydrogens is 264 g/mol. The van der Waals surface area contributed by atoms with Crippen LogP contribution >= 0.6 is 0 Å². The highest BCUT2D eigenvalue weighted by Crippen LogP contribution is 2.29. The summed E-state index contributed by atoms with van der Waals surface area (Å²) < 4.78 is 6.94. The summed E-state index contributed by atoms with van der Waals surface area (Å²) >= 11 is 0. The van der Waals surface area contributed by atoms with Crippen LogP contribution in [0.3, 0.4) is 0 Å². The smallest absolute Gasteiger partial charge is 0.341 e. The van der Waals surface area contributed by atoms with Crippen molar-refractivity contribution in [1.82, 2.24) is 4.57 Å². The van der Waals surface area contributed by atoms with Crippen LogP contribution < -0.4 is 5.32 Å². The van der Waals surface area contributed by atoms with Gasteiger partial charge in [0.1, 0.15) is 11.4 Å². The number of carbonyl (C=O) groups excluding carboxylic acids is 1. The van der Waals surface area contributed by atoms with E-state index in [4.69, 9.17) is 4.74 Å². The molecule has 1 heterocycles. The van der Waals surface area contributed by atoms with Gasteiger partial charge in [0.2, 0.25) is 0 Å². The molecular formula is C17H22N2O2. The van der Waals surface area contributed by atoms with Gasteiger partial charge in [-0.1, -0.05) is 18.2 Å². The zero-order valence-corrected chi connectivity index (χ0v) is 13.2. The molecule has 0 bridgehead atoms. The van der Waals surface area contributed by atoms with Crippen LogP contribution in [-0.2, 0) is 4.74 Å². The Labute approximate surface area is 125 Å². The third-order valence-electron chi connectivity index (χ3n) is 3.10. The molecule has 4 heteroatoms. The molecule has 0 unspecified atom stereocenters. The number of hydrogen-bond acceptors (Lipinski definition) is 3. The van der Waals surface area contributed by atoms with Crippen molar-refractivity contribution in [2.75, 3.05) is 12.4 Å². The first-order valence-corrected chi connectivity index (χ1v) is 6.98. The van der Waals surface area contributed by atoms with Gasteiger partial charge in [-0.25, -0.2) is 4.79 Å². The van der Waals surface area contributed by atoms with E-state index in [0.717, 1.165) is 17.2 Å². The van der Waals surface area contributed by atoms with Gasteiger partial charge in [-0.15, -0.1) is 0 Å². The Morgan fingerprint density at radius 3 is 2.33 bits per heavy atom. The molecule has 2 rings (SSSR count). The van der Waals surface area contributed by atoms with Crippen LogP contribution in [0.1, 0.15) is 36.8 Å². The summed E-state index contributed by atoms with van der Waals surface area (Å²) in [6, 6.07) is 11.8. The summed E-state index contributed by atoms with van der Waals surface area (Å²) in [4.78, 5) is 12.0. The van der Waals surface area contributed by atoms with Gasteiger partial charge in [-0.05, 0) is 45.9 Å². The lowest BCUT2D eigenvalue weighted by molar-refractivity contribution is 0.0602. The monoisotopic (exact) mass is 286 g/mol. The molecule has 0 spiro atoms. The number of benzene rings is 1. The molecule has 0 fully saturated rings. The summed E-state index contributed by atoms with van der Waals surface area (Å²) in [6.45, 7) is 8.16. The molecule has 1 aromatic heterocycles. The predicted molar refractivity (Wildman–Crippen MR) is 85.2 cm³/mol. The third-order valence-corrected chi connectivity index (χ3v) is 3.10. The van der Waals surface area contributed by atoms with Gasteiger partial charge < -0.3 is 14.6 Å². The quantitative estimate of drug-likeness (QED) is 0.873. The zero-order valence-electron chi connectivity index (χ0n) is 13.2. The van der Waals surface area contributed by atoms with E-state index in [1.165, 1.54) is 7.11 Å². The molecule has 112 valence electrons. The molecule has 21 heavy (non-hydrogen) atoms. The van der Waals surface area contributed by atoms with Crippen LogP contribution in [-0.4, -0.2) is 23.2 Å². The predicted octanol–water partition coefficient (Wildman–Crippen LogP) is 3.78. The Bertz CT molecular complexity index is 637. The average molecular weight is 286 g/mol. The van der Waals surface area contributed by atoms with E-state index in [1.54, 1.807) is 0 Å². The van der Waals surface area contributed by atoms with E-state index in [0.29, 0.717) is 5.56 Å². The minimum Gasteiger partial charge on any atom is -0.465 e. The van der Waals surface area contributed by atoms with E-state index in [2.05, 4.69) is 26.1 Å². The van der Waals surface area contributed by atoms with Crippen LogP contribution in [0, 0.1) is 6.92 Å². The first kappa shape index (κ1) is 15.2. The molecule has 0 aliphatic rings. The van der Waals surface area contributed by atoms with Crippen molar-refractivity contribution < 1.29 is 9.53 Å². The summed E-state index contributed by atoms with van der Waals surface area (Å²) in [7, 11) is 1.40. The number of anilines is 1. The van der Waals surface area contributed by atoms with Crippen molar-refractivity contribution in [3.05, 3.63) is 47.7 Å². The van der Waals surface area contributed by atoms with Crippen molar-refractivity contribution in [1.29, 1.82) is 0 Å². The van der Waals surface area contributed by atoms with E-state index < -0.39 is 0 Å². The first-order valence-electron chi connectivity index (χ1n) is 6.98. The van der Waals surface area contributed by atoms with Crippen LogP contribution in [0.2, 0.25) is 0 Å². The molecule has 0 aliphatic heterocycles. The average Bonchev–Trinajstić information content (AvgIpc) is 2.73. The van der Waals surface area contributed by atoms with Crippen molar-refractivity contribution in [3.8, 4) is 5.69 Å². The number of hydrogen-bond donors (Lipinski definition) is 1. The number of ether oxygens (including phenoxy) is 1. The number of para-hydroxylation sites is 1. The third kappa shape index (κ3) is 3.27. The Balaban J connectivity index is 2.63. The number of nitrogens with one attached hydrogen (secondary N) is 1. The molecule has 4 nitrogen and oxygen atoms in total. The van der Waals surface area contributed by atoms with Crippen molar-refractivity contribution in [3.63, 3.8) is 0 Å². The normalized spacial score (nSPS) is 11.3. The van der Waals surface area contributed by atoms with Crippen molar-refractivity contribution in [2.45, 2.75) is 33.2 Å². The fourth-order valence-corrected chi connectivity index (χ4v) is 2.29. The van der Waals surface area contributed by atoms with Gasteiger partial charge in [0.25, 0.3) is 0 Å². The fraction of sp³-hybridized carbons (Fsp3) is 0.353. The van der Waals surface area contributed by atoms with E-state index in [-0.39, 0.29) is 11.5 Å². The fourth-order valence-electron chi connectivity index (χ4n) is 2.29. The standard InChI is InChI=1S/C17H22N2O2/c1-12-11-14(16(20)21-5)15(18-17(2,3)4)19(12)13-9-7-6-8-10-13/h6-11,18H,1-5H3. The van der Waals surface area contributed by atoms with E-state index in [1.807, 2.05) is 47.9 Å². The maximum atomic E-state index is 12.0. The number of aryl methyl sites for hydroxylation is 1. The first-order chi connectivity index (χ1) is 9.83. The van der Waals surface area contributed by atoms with E-state index >= 15 is 0 Å². The SMILES string of the molecule is COC(=O)c1cc(C)n(-c2ccccc2)c1NC(C)(C)C. The number of rotatable bonds is 3. The molecule has 1 aromatic carbocycles. The second-order valence-corrected chi connectivity index (χ2v) is 6.09. The highest BCUT2D eigenvalue weighted by atomic mass is 16.5. The Kier molecular flexibility index (Phi) is 4.07. The van der Waals surface area contributed by atoms with Crippen LogP contribution in [0.25, 0.3) is 5.69 Å². The van der Waals surface area contributed by atoms with Gasteiger partial charge >= 0.3 is 5.97 Å². The second kappa shape index (κ2) is 5.64. The van der Waals surface area contributed by atoms with Crippen molar-refractivity contribution >= 4 is 11.8 Å². The molecule has 2 aromatic rings. The molecule has 1 N–H and O–H groups in total. The number of methoxy groups -OCH3 is 1. The maximum absolute atomic E-state index is 12.0. The highest BCUT2D eigenvalue weighted by molar-refractivity contribution is 5.96. The molecule has 0 saturated heterocycles. The van der Waals surface area contributed by atoms with Gasteiger partial charge in [0.15, 0.2) is 0 Å². The second-order valence-electron chi connectivity index (χ2n) is 6.09. The zero-order chi connectivity index (χ0) is 15.6. The number of esters is 1. The minimum atomic E-state index is -0.334. The number of nitrogens with zero attached hydrogens (tertiary/aromatic N) is 1.